The average molecular weight is 233 g/mol. The maximum Gasteiger partial charge on any atom is 0.278 e. The number of rotatable bonds is 1. The van der Waals surface area contributed by atoms with Crippen LogP contribution >= 0.6 is 11.6 Å². The molecule has 0 unspecified atom stereocenters. The largest absolute Gasteiger partial charge is 0.278 e. The molecule has 0 N–H and O–H groups in total. The molecule has 0 saturated carbocycles. The summed E-state index contributed by atoms with van der Waals surface area (Å²) >= 11 is 5.76. The molecule has 1 heterocycles. The van der Waals surface area contributed by atoms with Gasteiger partial charge >= 0.3 is 0 Å². The summed E-state index contributed by atoms with van der Waals surface area (Å²) in [5, 5.41) is 5.69. The van der Waals surface area contributed by atoms with E-state index in [9.17, 15) is 4.79 Å². The van der Waals surface area contributed by atoms with Gasteiger partial charge in [0.2, 0.25) is 0 Å². The highest BCUT2D eigenvalue weighted by Crippen LogP contribution is 2.09. The van der Waals surface area contributed by atoms with Crippen molar-refractivity contribution in [3.8, 4) is 0 Å². The summed E-state index contributed by atoms with van der Waals surface area (Å²) < 4.78 is 0. The maximum atomic E-state index is 12.0. The normalized spacial score (nSPS) is 14.6. The third-order valence-electron chi connectivity index (χ3n) is 2.02. The Morgan fingerprint density at radius 3 is 2.75 bits per heavy atom. The number of nitrogens with zero attached hydrogens (tertiary/aromatic N) is 2. The van der Waals surface area contributed by atoms with Crippen molar-refractivity contribution < 1.29 is 4.79 Å². The van der Waals surface area contributed by atoms with Crippen molar-refractivity contribution in [2.75, 3.05) is 0 Å². The Balaban J connectivity index is 2.22. The van der Waals surface area contributed by atoms with Gasteiger partial charge in [-0.15, -0.1) is 0 Å². The molecule has 1 amide bonds. The van der Waals surface area contributed by atoms with Gasteiger partial charge in [0.1, 0.15) is 0 Å². The molecule has 16 heavy (non-hydrogen) atoms. The molecule has 4 heteroatoms. The molecule has 0 bridgehead atoms. The number of carbonyl (C=O) groups is 1. The molecule has 0 radical (unpaired) electrons. The van der Waals surface area contributed by atoms with E-state index in [2.05, 4.69) is 5.10 Å². The Morgan fingerprint density at radius 2 is 2.00 bits per heavy atom. The summed E-state index contributed by atoms with van der Waals surface area (Å²) in [4.78, 5) is 12.0. The van der Waals surface area contributed by atoms with Crippen LogP contribution in [0.1, 0.15) is 10.4 Å². The van der Waals surface area contributed by atoms with Gasteiger partial charge < -0.3 is 0 Å². The number of benzene rings is 1. The SMILES string of the molecule is O=C(c1ccccc1)N1C=CC=C(Cl)C=N1. The second kappa shape index (κ2) is 4.77. The zero-order valence-electron chi connectivity index (χ0n) is 8.38. The lowest BCUT2D eigenvalue weighted by atomic mass is 10.2. The molecule has 3 nitrogen and oxygen atoms in total. The molecule has 80 valence electrons. The molecular formula is C12H9ClN2O. The highest BCUT2D eigenvalue weighted by atomic mass is 35.5. The van der Waals surface area contributed by atoms with E-state index >= 15 is 0 Å². The van der Waals surface area contributed by atoms with Crippen LogP contribution in [0.3, 0.4) is 0 Å². The quantitative estimate of drug-likeness (QED) is 0.733. The van der Waals surface area contributed by atoms with Crippen LogP contribution in [-0.4, -0.2) is 17.1 Å². The number of hydrogen-bond donors (Lipinski definition) is 0. The van der Waals surface area contributed by atoms with E-state index in [4.69, 9.17) is 11.6 Å². The van der Waals surface area contributed by atoms with Gasteiger partial charge in [0.25, 0.3) is 5.91 Å². The fourth-order valence-electron chi connectivity index (χ4n) is 1.25. The van der Waals surface area contributed by atoms with Gasteiger partial charge in [0.15, 0.2) is 0 Å². The van der Waals surface area contributed by atoms with Crippen molar-refractivity contribution in [1.29, 1.82) is 0 Å². The van der Waals surface area contributed by atoms with Crippen LogP contribution in [0.5, 0.6) is 0 Å². The summed E-state index contributed by atoms with van der Waals surface area (Å²) in [5.41, 5.74) is 0.585. The zero-order valence-corrected chi connectivity index (χ0v) is 9.13. The predicted octanol–water partition coefficient (Wildman–Crippen LogP) is 2.76. The molecule has 0 atom stereocenters. The minimum atomic E-state index is -0.187. The molecule has 2 rings (SSSR count). The number of carbonyl (C=O) groups excluding carboxylic acids is 1. The van der Waals surface area contributed by atoms with Crippen LogP contribution in [0, 0.1) is 0 Å². The molecule has 1 aliphatic heterocycles. The minimum Gasteiger partial charge on any atom is -0.267 e. The fraction of sp³-hybridized carbons (Fsp3) is 0. The third kappa shape index (κ3) is 2.38. The van der Waals surface area contributed by atoms with Crippen LogP contribution < -0.4 is 0 Å². The number of halogens is 1. The summed E-state index contributed by atoms with van der Waals surface area (Å²) in [7, 11) is 0. The first-order valence-electron chi connectivity index (χ1n) is 4.74. The first-order valence-corrected chi connectivity index (χ1v) is 5.12. The lowest BCUT2D eigenvalue weighted by Gasteiger charge is -2.10. The lowest BCUT2D eigenvalue weighted by Crippen LogP contribution is -2.19. The number of allylic oxidation sites excluding steroid dienone is 3. The van der Waals surface area contributed by atoms with Crippen molar-refractivity contribution in [3.63, 3.8) is 0 Å². The summed E-state index contributed by atoms with van der Waals surface area (Å²) in [6.45, 7) is 0. The topological polar surface area (TPSA) is 32.7 Å². The first kappa shape index (κ1) is 10.6. The molecule has 1 aromatic rings. The van der Waals surface area contributed by atoms with Crippen LogP contribution in [-0.2, 0) is 0 Å². The smallest absolute Gasteiger partial charge is 0.267 e. The predicted molar refractivity (Wildman–Crippen MR) is 64.2 cm³/mol. The van der Waals surface area contributed by atoms with Gasteiger partial charge in [0.05, 0.1) is 11.2 Å². The van der Waals surface area contributed by atoms with Crippen LogP contribution in [0.4, 0.5) is 0 Å². The Bertz CT molecular complexity index is 477. The van der Waals surface area contributed by atoms with E-state index in [0.717, 1.165) is 0 Å². The zero-order chi connectivity index (χ0) is 11.4. The maximum absolute atomic E-state index is 12.0. The van der Waals surface area contributed by atoms with E-state index in [0.29, 0.717) is 10.6 Å². The summed E-state index contributed by atoms with van der Waals surface area (Å²) in [6, 6.07) is 8.96. The van der Waals surface area contributed by atoms with Crippen molar-refractivity contribution >= 4 is 23.7 Å². The van der Waals surface area contributed by atoms with E-state index < -0.39 is 0 Å². The minimum absolute atomic E-state index is 0.187. The fourth-order valence-corrected chi connectivity index (χ4v) is 1.36. The third-order valence-corrected chi connectivity index (χ3v) is 2.24. The van der Waals surface area contributed by atoms with Crippen molar-refractivity contribution in [3.05, 3.63) is 59.3 Å². The Kier molecular flexibility index (Phi) is 3.17. The average Bonchev–Trinajstić information content (AvgIpc) is 2.54. The van der Waals surface area contributed by atoms with Gasteiger partial charge in [-0.2, -0.15) is 5.10 Å². The van der Waals surface area contributed by atoms with Crippen LogP contribution in [0.25, 0.3) is 0 Å². The van der Waals surface area contributed by atoms with Crippen molar-refractivity contribution in [2.24, 2.45) is 5.10 Å². The van der Waals surface area contributed by atoms with Crippen molar-refractivity contribution in [1.82, 2.24) is 5.01 Å². The van der Waals surface area contributed by atoms with Crippen LogP contribution in [0.2, 0.25) is 0 Å². The van der Waals surface area contributed by atoms with Gasteiger partial charge in [-0.25, -0.2) is 5.01 Å². The highest BCUT2D eigenvalue weighted by Gasteiger charge is 2.12. The van der Waals surface area contributed by atoms with Crippen molar-refractivity contribution in [2.45, 2.75) is 0 Å². The Hall–Kier alpha value is -1.87. The van der Waals surface area contributed by atoms with Gasteiger partial charge in [-0.1, -0.05) is 29.8 Å². The highest BCUT2D eigenvalue weighted by molar-refractivity contribution is 6.39. The van der Waals surface area contributed by atoms with E-state index in [1.807, 2.05) is 18.2 Å². The second-order valence-electron chi connectivity index (χ2n) is 3.15. The summed E-state index contributed by atoms with van der Waals surface area (Å²) in [6.07, 6.45) is 6.35. The molecule has 0 aromatic heterocycles. The van der Waals surface area contributed by atoms with E-state index in [1.165, 1.54) is 11.2 Å². The van der Waals surface area contributed by atoms with E-state index in [1.54, 1.807) is 30.5 Å². The van der Waals surface area contributed by atoms with Gasteiger partial charge in [-0.05, 0) is 24.3 Å². The van der Waals surface area contributed by atoms with Gasteiger partial charge in [-0.3, -0.25) is 4.79 Å². The number of amides is 1. The molecular weight excluding hydrogens is 224 g/mol. The standard InChI is InChI=1S/C12H9ClN2O/c13-11-7-4-8-15(14-9-11)12(16)10-5-2-1-3-6-10/h1-9H. The van der Waals surface area contributed by atoms with Crippen LogP contribution in [0.15, 0.2) is 58.8 Å². The van der Waals surface area contributed by atoms with E-state index in [-0.39, 0.29) is 5.91 Å². The molecule has 1 aliphatic rings. The number of hydrazone groups is 1. The first-order chi connectivity index (χ1) is 7.77. The summed E-state index contributed by atoms with van der Waals surface area (Å²) in [5.74, 6) is -0.187. The molecule has 0 fully saturated rings. The van der Waals surface area contributed by atoms with Gasteiger partial charge in [0, 0.05) is 11.8 Å². The Labute approximate surface area is 98.3 Å². The molecule has 0 aliphatic carbocycles. The number of hydrogen-bond acceptors (Lipinski definition) is 2. The molecule has 0 saturated heterocycles. The second-order valence-corrected chi connectivity index (χ2v) is 3.59. The monoisotopic (exact) mass is 232 g/mol. The molecule has 0 spiro atoms. The Morgan fingerprint density at radius 1 is 1.25 bits per heavy atom. The molecule has 1 aromatic carbocycles. The lowest BCUT2D eigenvalue weighted by molar-refractivity contribution is 0.0827.